The number of nitrogens with one attached hydrogen (secondary N) is 1. The number of rotatable bonds is 1. The second-order valence-corrected chi connectivity index (χ2v) is 4.01. The molecule has 0 atom stereocenters. The minimum absolute atomic E-state index is 0.105. The van der Waals surface area contributed by atoms with Crippen molar-refractivity contribution in [3.63, 3.8) is 0 Å². The van der Waals surface area contributed by atoms with Crippen LogP contribution >= 0.6 is 11.6 Å². The van der Waals surface area contributed by atoms with Gasteiger partial charge in [-0.25, -0.2) is 0 Å². The number of carbonyl (C=O) groups is 2. The average Bonchev–Trinajstić information content (AvgIpc) is 2.27. The van der Waals surface area contributed by atoms with Crippen LogP contribution in [0, 0.1) is 11.3 Å². The van der Waals surface area contributed by atoms with E-state index in [0.29, 0.717) is 16.3 Å². The Balaban J connectivity index is 2.28. The predicted octanol–water partition coefficient (Wildman–Crippen LogP) is 0.674. The summed E-state index contributed by atoms with van der Waals surface area (Å²) in [6.45, 7) is 0.210. The van der Waals surface area contributed by atoms with Crippen molar-refractivity contribution in [2.24, 2.45) is 0 Å². The summed E-state index contributed by atoms with van der Waals surface area (Å²) >= 11 is 5.89. The smallest absolute Gasteiger partial charge is 0.246 e. The van der Waals surface area contributed by atoms with Gasteiger partial charge >= 0.3 is 0 Å². The molecule has 0 unspecified atom stereocenters. The molecule has 0 aliphatic carbocycles. The van der Waals surface area contributed by atoms with Crippen molar-refractivity contribution in [2.75, 3.05) is 18.0 Å². The Bertz CT molecular complexity index is 520. The lowest BCUT2D eigenvalue weighted by Crippen LogP contribution is -2.51. The van der Waals surface area contributed by atoms with E-state index in [0.717, 1.165) is 0 Å². The molecule has 1 aromatic rings. The van der Waals surface area contributed by atoms with Gasteiger partial charge in [-0.05, 0) is 18.2 Å². The Labute approximate surface area is 103 Å². The van der Waals surface area contributed by atoms with Crippen LogP contribution in [0.25, 0.3) is 0 Å². The van der Waals surface area contributed by atoms with Crippen LogP contribution in [-0.2, 0) is 9.59 Å². The molecular weight excluding hydrogens is 242 g/mol. The van der Waals surface area contributed by atoms with E-state index in [1.165, 1.54) is 0 Å². The first-order chi connectivity index (χ1) is 8.10. The number of carbonyl (C=O) groups excluding carboxylic acids is 2. The van der Waals surface area contributed by atoms with Crippen molar-refractivity contribution in [1.29, 1.82) is 5.26 Å². The van der Waals surface area contributed by atoms with Crippen LogP contribution in [0.15, 0.2) is 18.2 Å². The van der Waals surface area contributed by atoms with Gasteiger partial charge in [-0.2, -0.15) is 5.26 Å². The van der Waals surface area contributed by atoms with Gasteiger partial charge in [-0.15, -0.1) is 0 Å². The Kier molecular flexibility index (Phi) is 2.98. The zero-order chi connectivity index (χ0) is 12.4. The van der Waals surface area contributed by atoms with Crippen LogP contribution in [0.4, 0.5) is 5.69 Å². The second kappa shape index (κ2) is 4.44. The normalized spacial score (nSPS) is 15.4. The van der Waals surface area contributed by atoms with Crippen LogP contribution < -0.4 is 10.2 Å². The lowest BCUT2D eigenvalue weighted by molar-refractivity contribution is -0.130. The number of imide groups is 1. The SMILES string of the molecule is N#Cc1ccc(N2CC(=O)NC(=O)C2)cc1Cl. The second-order valence-electron chi connectivity index (χ2n) is 3.60. The topological polar surface area (TPSA) is 73.2 Å². The van der Waals surface area contributed by atoms with Crippen molar-refractivity contribution in [2.45, 2.75) is 0 Å². The van der Waals surface area contributed by atoms with Gasteiger partial charge in [0.2, 0.25) is 11.8 Å². The van der Waals surface area contributed by atoms with Crippen LogP contribution in [-0.4, -0.2) is 24.9 Å². The van der Waals surface area contributed by atoms with Gasteiger partial charge in [-0.3, -0.25) is 14.9 Å². The summed E-state index contributed by atoms with van der Waals surface area (Å²) in [5, 5.41) is 11.3. The first kappa shape index (κ1) is 11.4. The van der Waals surface area contributed by atoms with E-state index in [-0.39, 0.29) is 24.9 Å². The first-order valence-corrected chi connectivity index (χ1v) is 5.25. The molecule has 0 aromatic heterocycles. The molecule has 17 heavy (non-hydrogen) atoms. The summed E-state index contributed by atoms with van der Waals surface area (Å²) in [6, 6.07) is 6.75. The average molecular weight is 250 g/mol. The maximum atomic E-state index is 11.2. The molecule has 0 spiro atoms. The van der Waals surface area contributed by atoms with E-state index in [9.17, 15) is 9.59 Å². The molecule has 0 bridgehead atoms. The summed E-state index contributed by atoms with van der Waals surface area (Å²) in [6.07, 6.45) is 0. The molecule has 2 amide bonds. The predicted molar refractivity (Wildman–Crippen MR) is 61.5 cm³/mol. The van der Waals surface area contributed by atoms with E-state index in [1.54, 1.807) is 23.1 Å². The number of halogens is 1. The van der Waals surface area contributed by atoms with Gasteiger partial charge in [0, 0.05) is 5.69 Å². The minimum Gasteiger partial charge on any atom is -0.353 e. The maximum Gasteiger partial charge on any atom is 0.246 e. The van der Waals surface area contributed by atoms with Gasteiger partial charge < -0.3 is 4.90 Å². The highest BCUT2D eigenvalue weighted by Crippen LogP contribution is 2.23. The van der Waals surface area contributed by atoms with E-state index in [4.69, 9.17) is 16.9 Å². The molecule has 1 heterocycles. The fourth-order valence-electron chi connectivity index (χ4n) is 1.61. The van der Waals surface area contributed by atoms with Crippen molar-refractivity contribution < 1.29 is 9.59 Å². The van der Waals surface area contributed by atoms with E-state index >= 15 is 0 Å². The fraction of sp³-hybridized carbons (Fsp3) is 0.182. The highest BCUT2D eigenvalue weighted by molar-refractivity contribution is 6.32. The molecule has 1 saturated heterocycles. The van der Waals surface area contributed by atoms with Crippen molar-refractivity contribution in [3.8, 4) is 6.07 Å². The molecule has 1 fully saturated rings. The maximum absolute atomic E-state index is 11.2. The quantitative estimate of drug-likeness (QED) is 0.743. The molecular formula is C11H8ClN3O2. The van der Waals surface area contributed by atoms with Gasteiger partial charge in [0.1, 0.15) is 6.07 Å². The monoisotopic (exact) mass is 249 g/mol. The van der Waals surface area contributed by atoms with Gasteiger partial charge in [0.25, 0.3) is 0 Å². The standard InChI is InChI=1S/C11H8ClN3O2/c12-9-3-8(2-1-7(9)4-13)15-5-10(16)14-11(17)6-15/h1-3H,5-6H2,(H,14,16,17). The number of amides is 2. The van der Waals surface area contributed by atoms with Crippen LogP contribution in [0.3, 0.4) is 0 Å². The highest BCUT2D eigenvalue weighted by atomic mass is 35.5. The Morgan fingerprint density at radius 3 is 2.47 bits per heavy atom. The van der Waals surface area contributed by atoms with Crippen LogP contribution in [0.2, 0.25) is 5.02 Å². The molecule has 0 radical (unpaired) electrons. The number of nitriles is 1. The molecule has 0 saturated carbocycles. The highest BCUT2D eigenvalue weighted by Gasteiger charge is 2.22. The van der Waals surface area contributed by atoms with E-state index < -0.39 is 0 Å². The van der Waals surface area contributed by atoms with Gasteiger partial charge in [0.05, 0.1) is 23.7 Å². The largest absolute Gasteiger partial charge is 0.353 e. The number of nitrogens with zero attached hydrogens (tertiary/aromatic N) is 2. The number of piperazine rings is 1. The van der Waals surface area contributed by atoms with E-state index in [1.807, 2.05) is 6.07 Å². The number of hydrogen-bond acceptors (Lipinski definition) is 4. The molecule has 1 N–H and O–H groups in total. The molecule has 1 aliphatic heterocycles. The van der Waals surface area contributed by atoms with Crippen molar-refractivity contribution >= 4 is 29.1 Å². The van der Waals surface area contributed by atoms with E-state index in [2.05, 4.69) is 5.32 Å². The summed E-state index contributed by atoms with van der Waals surface area (Å²) in [5.41, 5.74) is 1.01. The Morgan fingerprint density at radius 1 is 1.29 bits per heavy atom. The summed E-state index contributed by atoms with van der Waals surface area (Å²) in [5.74, 6) is -0.691. The molecule has 5 nitrogen and oxygen atoms in total. The number of hydrogen-bond donors (Lipinski definition) is 1. The third kappa shape index (κ3) is 2.37. The lowest BCUT2D eigenvalue weighted by Gasteiger charge is -2.27. The zero-order valence-electron chi connectivity index (χ0n) is 8.74. The Hall–Kier alpha value is -2.06. The third-order valence-corrected chi connectivity index (χ3v) is 2.70. The number of benzene rings is 1. The summed E-state index contributed by atoms with van der Waals surface area (Å²) in [7, 11) is 0. The summed E-state index contributed by atoms with van der Waals surface area (Å²) < 4.78 is 0. The molecule has 1 aliphatic rings. The molecule has 86 valence electrons. The molecule has 1 aromatic carbocycles. The van der Waals surface area contributed by atoms with Gasteiger partial charge in [0.15, 0.2) is 0 Å². The third-order valence-electron chi connectivity index (χ3n) is 2.39. The van der Waals surface area contributed by atoms with Crippen molar-refractivity contribution in [3.05, 3.63) is 28.8 Å². The number of anilines is 1. The molecule has 2 rings (SSSR count). The fourth-order valence-corrected chi connectivity index (χ4v) is 1.83. The zero-order valence-corrected chi connectivity index (χ0v) is 9.49. The first-order valence-electron chi connectivity index (χ1n) is 4.87. The summed E-state index contributed by atoms with van der Waals surface area (Å²) in [4.78, 5) is 24.0. The van der Waals surface area contributed by atoms with Crippen molar-refractivity contribution in [1.82, 2.24) is 5.32 Å². The lowest BCUT2D eigenvalue weighted by atomic mass is 10.2. The van der Waals surface area contributed by atoms with Crippen LogP contribution in [0.5, 0.6) is 0 Å². The minimum atomic E-state index is -0.346. The van der Waals surface area contributed by atoms with Gasteiger partial charge in [-0.1, -0.05) is 11.6 Å². The molecule has 6 heteroatoms. The van der Waals surface area contributed by atoms with Crippen LogP contribution in [0.1, 0.15) is 5.56 Å². The Morgan fingerprint density at radius 2 is 1.94 bits per heavy atom.